The van der Waals surface area contributed by atoms with Gasteiger partial charge in [0.1, 0.15) is 0 Å². The van der Waals surface area contributed by atoms with E-state index < -0.39 is 0 Å². The Morgan fingerprint density at radius 1 is 1.20 bits per heavy atom. The average Bonchev–Trinajstić information content (AvgIpc) is 1.93. The van der Waals surface area contributed by atoms with Crippen LogP contribution < -0.4 is 5.73 Å². The van der Waals surface area contributed by atoms with Crippen molar-refractivity contribution in [3.63, 3.8) is 0 Å². The van der Waals surface area contributed by atoms with E-state index in [4.69, 9.17) is 5.73 Å². The number of hydrogen-bond acceptors (Lipinski definition) is 2. The van der Waals surface area contributed by atoms with Gasteiger partial charge in [-0.15, -0.1) is 12.4 Å². The number of rotatable bonds is 0. The van der Waals surface area contributed by atoms with Gasteiger partial charge in [0, 0.05) is 6.04 Å². The first kappa shape index (κ1) is 10.2. The molecule has 0 heterocycles. The molecule has 0 bridgehead atoms. The van der Waals surface area contributed by atoms with Crippen LogP contribution in [0.3, 0.4) is 0 Å². The molecule has 1 saturated carbocycles. The summed E-state index contributed by atoms with van der Waals surface area (Å²) < 4.78 is 0. The molecule has 1 fully saturated rings. The molecular formula is C7H16ClNO. The highest BCUT2D eigenvalue weighted by Crippen LogP contribution is 2.15. The Morgan fingerprint density at radius 2 is 1.80 bits per heavy atom. The Hall–Kier alpha value is 0.210. The summed E-state index contributed by atoms with van der Waals surface area (Å²) in [4.78, 5) is 0. The fourth-order valence-electron chi connectivity index (χ4n) is 1.37. The first-order chi connectivity index (χ1) is 4.29. The summed E-state index contributed by atoms with van der Waals surface area (Å²) in [5.74, 6) is 0. The van der Waals surface area contributed by atoms with Crippen molar-refractivity contribution in [2.24, 2.45) is 5.73 Å². The fraction of sp³-hybridized carbons (Fsp3) is 1.00. The Kier molecular flexibility index (Phi) is 5.04. The van der Waals surface area contributed by atoms with Crippen LogP contribution in [0.2, 0.25) is 0 Å². The maximum atomic E-state index is 9.18. The van der Waals surface area contributed by atoms with Crippen LogP contribution in [-0.4, -0.2) is 17.3 Å². The van der Waals surface area contributed by atoms with E-state index in [1.807, 2.05) is 0 Å². The standard InChI is InChI=1S/C7H15NO.ClH/c8-6-3-1-2-4-7(9)5-6;/h6-7,9H,1-5,8H2;1H/t6-,7-;/m1./s1. The van der Waals surface area contributed by atoms with Crippen LogP contribution in [0.4, 0.5) is 0 Å². The highest BCUT2D eigenvalue weighted by molar-refractivity contribution is 5.85. The van der Waals surface area contributed by atoms with E-state index in [1.165, 1.54) is 6.42 Å². The molecule has 1 aliphatic carbocycles. The monoisotopic (exact) mass is 165 g/mol. The first-order valence-electron chi connectivity index (χ1n) is 3.72. The lowest BCUT2D eigenvalue weighted by atomic mass is 10.1. The lowest BCUT2D eigenvalue weighted by Gasteiger charge is -2.09. The van der Waals surface area contributed by atoms with Crippen molar-refractivity contribution in [1.82, 2.24) is 0 Å². The minimum absolute atomic E-state index is 0. The molecular weight excluding hydrogens is 150 g/mol. The molecule has 0 saturated heterocycles. The van der Waals surface area contributed by atoms with E-state index in [0.29, 0.717) is 0 Å². The Bertz CT molecular complexity index is 79.7. The summed E-state index contributed by atoms with van der Waals surface area (Å²) >= 11 is 0. The smallest absolute Gasteiger partial charge is 0.0555 e. The second-order valence-electron chi connectivity index (χ2n) is 2.93. The maximum absolute atomic E-state index is 9.18. The van der Waals surface area contributed by atoms with Crippen LogP contribution in [-0.2, 0) is 0 Å². The average molecular weight is 166 g/mol. The quantitative estimate of drug-likeness (QED) is 0.528. The number of halogens is 1. The molecule has 1 aliphatic rings. The number of aliphatic hydroxyl groups is 1. The fourth-order valence-corrected chi connectivity index (χ4v) is 1.37. The molecule has 0 aromatic rings. The zero-order valence-corrected chi connectivity index (χ0v) is 6.94. The van der Waals surface area contributed by atoms with E-state index in [9.17, 15) is 5.11 Å². The molecule has 62 valence electrons. The third-order valence-electron chi connectivity index (χ3n) is 1.94. The predicted molar refractivity (Wildman–Crippen MR) is 44.3 cm³/mol. The molecule has 3 N–H and O–H groups in total. The van der Waals surface area contributed by atoms with Crippen molar-refractivity contribution in [2.75, 3.05) is 0 Å². The molecule has 2 atom stereocenters. The number of nitrogens with two attached hydrogens (primary N) is 1. The van der Waals surface area contributed by atoms with E-state index in [1.54, 1.807) is 0 Å². The topological polar surface area (TPSA) is 46.2 Å². The van der Waals surface area contributed by atoms with Crippen molar-refractivity contribution in [2.45, 2.75) is 44.2 Å². The zero-order chi connectivity index (χ0) is 6.69. The van der Waals surface area contributed by atoms with Gasteiger partial charge in [0.2, 0.25) is 0 Å². The normalized spacial score (nSPS) is 34.2. The highest BCUT2D eigenvalue weighted by Gasteiger charge is 2.13. The van der Waals surface area contributed by atoms with Gasteiger partial charge in [-0.25, -0.2) is 0 Å². The zero-order valence-electron chi connectivity index (χ0n) is 6.12. The van der Waals surface area contributed by atoms with Gasteiger partial charge >= 0.3 is 0 Å². The minimum Gasteiger partial charge on any atom is -0.393 e. The lowest BCUT2D eigenvalue weighted by molar-refractivity contribution is 0.152. The van der Waals surface area contributed by atoms with Gasteiger partial charge in [-0.3, -0.25) is 0 Å². The summed E-state index contributed by atoms with van der Waals surface area (Å²) in [5.41, 5.74) is 5.67. The summed E-state index contributed by atoms with van der Waals surface area (Å²) in [6, 6.07) is 0.252. The van der Waals surface area contributed by atoms with Crippen molar-refractivity contribution in [3.8, 4) is 0 Å². The van der Waals surface area contributed by atoms with Crippen molar-refractivity contribution in [1.29, 1.82) is 0 Å². The van der Waals surface area contributed by atoms with Gasteiger partial charge in [0.15, 0.2) is 0 Å². The SMILES string of the molecule is Cl.N[C@@H]1CCCC[C@@H](O)C1. The van der Waals surface area contributed by atoms with Gasteiger partial charge < -0.3 is 10.8 Å². The second-order valence-corrected chi connectivity index (χ2v) is 2.93. The molecule has 0 aromatic carbocycles. The number of aliphatic hydroxyl groups excluding tert-OH is 1. The minimum atomic E-state index is -0.123. The third-order valence-corrected chi connectivity index (χ3v) is 1.94. The summed E-state index contributed by atoms with van der Waals surface area (Å²) in [5, 5.41) is 9.18. The van der Waals surface area contributed by atoms with Crippen LogP contribution in [0.25, 0.3) is 0 Å². The molecule has 0 aliphatic heterocycles. The summed E-state index contributed by atoms with van der Waals surface area (Å²) in [6.45, 7) is 0. The van der Waals surface area contributed by atoms with Crippen LogP contribution in [0.1, 0.15) is 32.1 Å². The maximum Gasteiger partial charge on any atom is 0.0555 e. The van der Waals surface area contributed by atoms with Gasteiger partial charge in [-0.05, 0) is 19.3 Å². The van der Waals surface area contributed by atoms with Crippen LogP contribution in [0.15, 0.2) is 0 Å². The van der Waals surface area contributed by atoms with Gasteiger partial charge in [0.25, 0.3) is 0 Å². The summed E-state index contributed by atoms with van der Waals surface area (Å²) in [7, 11) is 0. The molecule has 0 unspecified atom stereocenters. The van der Waals surface area contributed by atoms with E-state index in [2.05, 4.69) is 0 Å². The highest BCUT2D eigenvalue weighted by atomic mass is 35.5. The van der Waals surface area contributed by atoms with Gasteiger partial charge in [0.05, 0.1) is 6.10 Å². The molecule has 0 aromatic heterocycles. The first-order valence-corrected chi connectivity index (χ1v) is 3.72. The Morgan fingerprint density at radius 3 is 2.50 bits per heavy atom. The molecule has 0 spiro atoms. The van der Waals surface area contributed by atoms with E-state index in [-0.39, 0.29) is 24.6 Å². The van der Waals surface area contributed by atoms with Crippen LogP contribution in [0.5, 0.6) is 0 Å². The van der Waals surface area contributed by atoms with Crippen LogP contribution >= 0.6 is 12.4 Å². The van der Waals surface area contributed by atoms with Crippen LogP contribution in [0, 0.1) is 0 Å². The molecule has 10 heavy (non-hydrogen) atoms. The van der Waals surface area contributed by atoms with Crippen molar-refractivity contribution < 1.29 is 5.11 Å². The molecule has 1 rings (SSSR count). The molecule has 0 amide bonds. The Balaban J connectivity index is 0.000000810. The third kappa shape index (κ3) is 3.40. The molecule has 0 radical (unpaired) electrons. The largest absolute Gasteiger partial charge is 0.393 e. The summed E-state index contributed by atoms with van der Waals surface area (Å²) in [6.07, 6.45) is 5.07. The number of hydrogen-bond donors (Lipinski definition) is 2. The van der Waals surface area contributed by atoms with E-state index >= 15 is 0 Å². The van der Waals surface area contributed by atoms with Gasteiger partial charge in [-0.2, -0.15) is 0 Å². The molecule has 2 nitrogen and oxygen atoms in total. The molecule has 3 heteroatoms. The lowest BCUT2D eigenvalue weighted by Crippen LogP contribution is -2.23. The predicted octanol–water partition coefficient (Wildman–Crippen LogP) is 1.06. The van der Waals surface area contributed by atoms with Crippen molar-refractivity contribution >= 4 is 12.4 Å². The van der Waals surface area contributed by atoms with Gasteiger partial charge in [-0.1, -0.05) is 12.8 Å². The van der Waals surface area contributed by atoms with Crippen molar-refractivity contribution in [3.05, 3.63) is 0 Å². The Labute approximate surface area is 68.2 Å². The van der Waals surface area contributed by atoms with E-state index in [0.717, 1.165) is 25.7 Å². The second kappa shape index (κ2) is 4.94.